The van der Waals surface area contributed by atoms with E-state index in [0.29, 0.717) is 5.92 Å². The van der Waals surface area contributed by atoms with Crippen LogP contribution in [0.4, 0.5) is 0 Å². The minimum absolute atomic E-state index is 0.125. The van der Waals surface area contributed by atoms with Crippen LogP contribution in [0, 0.1) is 11.8 Å². The smallest absolute Gasteiger partial charge is 0.110 e. The molecule has 1 aliphatic carbocycles. The van der Waals surface area contributed by atoms with Crippen LogP contribution < -0.4 is 0 Å². The van der Waals surface area contributed by atoms with Gasteiger partial charge >= 0.3 is 0 Å². The Morgan fingerprint density at radius 3 is 2.46 bits per heavy atom. The first-order valence-corrected chi connectivity index (χ1v) is 9.54. The zero-order valence-corrected chi connectivity index (χ0v) is 16.3. The third kappa shape index (κ3) is 3.16. The van der Waals surface area contributed by atoms with Gasteiger partial charge in [-0.25, -0.2) is 4.98 Å². The molecule has 0 radical (unpaired) electrons. The molecule has 0 spiro atoms. The molecule has 1 N–H and O–H groups in total. The Morgan fingerprint density at radius 2 is 1.79 bits per heavy atom. The fourth-order valence-electron chi connectivity index (χ4n) is 4.42. The van der Waals surface area contributed by atoms with E-state index in [1.165, 1.54) is 5.56 Å². The molecule has 1 saturated carbocycles. The number of pyridine rings is 1. The van der Waals surface area contributed by atoms with E-state index < -0.39 is 5.60 Å². The lowest BCUT2D eigenvalue weighted by Crippen LogP contribution is -2.49. The Morgan fingerprint density at radius 1 is 1.08 bits per heavy atom. The maximum atomic E-state index is 11.8. The summed E-state index contributed by atoms with van der Waals surface area (Å²) in [6.07, 6.45) is 2.92. The summed E-state index contributed by atoms with van der Waals surface area (Å²) in [7, 11) is 0. The second-order valence-corrected chi connectivity index (χ2v) is 8.61. The van der Waals surface area contributed by atoms with Crippen molar-refractivity contribution in [1.82, 2.24) is 4.98 Å². The van der Waals surface area contributed by atoms with Crippen LogP contribution in [0.25, 0.3) is 0 Å². The predicted octanol–water partition coefficient (Wildman–Crippen LogP) is 5.45. The summed E-state index contributed by atoms with van der Waals surface area (Å²) in [5, 5.41) is 11.8. The van der Waals surface area contributed by atoms with Gasteiger partial charge in [-0.2, -0.15) is 0 Å². The van der Waals surface area contributed by atoms with Gasteiger partial charge in [0.15, 0.2) is 0 Å². The Labute approximate surface area is 153 Å². The molecule has 0 saturated heterocycles. The van der Waals surface area contributed by atoms with E-state index in [0.717, 1.165) is 29.6 Å². The lowest BCUT2D eigenvalue weighted by Gasteiger charge is -2.49. The third-order valence-corrected chi connectivity index (χ3v) is 6.17. The molecule has 2 nitrogen and oxygen atoms in total. The fraction of sp³-hybridized carbons (Fsp3) is 0.476. The molecule has 3 rings (SSSR count). The van der Waals surface area contributed by atoms with E-state index in [4.69, 9.17) is 0 Å². The molecule has 1 fully saturated rings. The van der Waals surface area contributed by atoms with E-state index in [-0.39, 0.29) is 11.3 Å². The molecule has 1 heterocycles. The summed E-state index contributed by atoms with van der Waals surface area (Å²) in [4.78, 5) is 4.63. The van der Waals surface area contributed by atoms with Crippen molar-refractivity contribution in [2.45, 2.75) is 51.0 Å². The third-order valence-electron chi connectivity index (χ3n) is 5.73. The monoisotopic (exact) mass is 387 g/mol. The van der Waals surface area contributed by atoms with Crippen molar-refractivity contribution in [2.75, 3.05) is 0 Å². The van der Waals surface area contributed by atoms with Gasteiger partial charge in [0.25, 0.3) is 0 Å². The first-order valence-electron chi connectivity index (χ1n) is 8.75. The molecular formula is C21H26BrNO. The average Bonchev–Trinajstić information content (AvgIpc) is 2.55. The van der Waals surface area contributed by atoms with Crippen molar-refractivity contribution < 1.29 is 5.11 Å². The van der Waals surface area contributed by atoms with Crippen molar-refractivity contribution >= 4 is 15.9 Å². The van der Waals surface area contributed by atoms with Crippen LogP contribution in [0.2, 0.25) is 0 Å². The average molecular weight is 388 g/mol. The number of nitrogens with zero attached hydrogens (tertiary/aromatic N) is 1. The summed E-state index contributed by atoms with van der Waals surface area (Å²) in [6, 6.07) is 16.4. The van der Waals surface area contributed by atoms with Crippen molar-refractivity contribution in [3.05, 3.63) is 64.4 Å². The Bertz CT molecular complexity index is 700. The van der Waals surface area contributed by atoms with Crippen LogP contribution in [-0.4, -0.2) is 10.1 Å². The van der Waals surface area contributed by atoms with Crippen molar-refractivity contribution in [1.29, 1.82) is 0 Å². The molecule has 3 unspecified atom stereocenters. The fourth-order valence-corrected chi connectivity index (χ4v) is 4.77. The van der Waals surface area contributed by atoms with Crippen molar-refractivity contribution in [2.24, 2.45) is 11.8 Å². The minimum atomic E-state index is -0.902. The van der Waals surface area contributed by atoms with Crippen LogP contribution >= 0.6 is 15.9 Å². The molecule has 1 aliphatic rings. The van der Waals surface area contributed by atoms with Crippen LogP contribution in [-0.2, 0) is 11.0 Å². The van der Waals surface area contributed by atoms with Crippen LogP contribution in [0.3, 0.4) is 0 Å². The summed E-state index contributed by atoms with van der Waals surface area (Å²) >= 11 is 3.46. The highest BCUT2D eigenvalue weighted by molar-refractivity contribution is 9.10. The van der Waals surface area contributed by atoms with Crippen LogP contribution in [0.1, 0.15) is 51.3 Å². The quantitative estimate of drug-likeness (QED) is 0.710. The molecule has 1 aromatic heterocycles. The van der Waals surface area contributed by atoms with Gasteiger partial charge < -0.3 is 5.11 Å². The predicted molar refractivity (Wildman–Crippen MR) is 102 cm³/mol. The topological polar surface area (TPSA) is 33.1 Å². The van der Waals surface area contributed by atoms with E-state index in [9.17, 15) is 5.11 Å². The maximum absolute atomic E-state index is 11.8. The normalized spacial score (nSPS) is 27.9. The van der Waals surface area contributed by atoms with Gasteiger partial charge in [-0.3, -0.25) is 0 Å². The molecule has 3 atom stereocenters. The summed E-state index contributed by atoms with van der Waals surface area (Å²) in [6.45, 7) is 6.74. The molecule has 24 heavy (non-hydrogen) atoms. The summed E-state index contributed by atoms with van der Waals surface area (Å²) in [5.74, 6) is 0.629. The van der Waals surface area contributed by atoms with Gasteiger partial charge in [0.05, 0.1) is 5.69 Å². The highest BCUT2D eigenvalue weighted by Gasteiger charge is 2.50. The number of aliphatic hydroxyl groups is 1. The van der Waals surface area contributed by atoms with Gasteiger partial charge in [0.1, 0.15) is 10.2 Å². The standard InChI is InChI=1S/C21H26BrNO/c1-15-12-13-17(20(2,3)16-8-5-4-6-9-16)21(24,14-15)18-10-7-11-19(22)23-18/h4-11,15,17,24H,12-14H2,1-3H3. The molecule has 128 valence electrons. The SMILES string of the molecule is CC1CCC(C(C)(C)c2ccccc2)C(O)(c2cccc(Br)n2)C1. The first kappa shape index (κ1) is 17.6. The van der Waals surface area contributed by atoms with Gasteiger partial charge in [-0.15, -0.1) is 0 Å². The molecular weight excluding hydrogens is 362 g/mol. The van der Waals surface area contributed by atoms with E-state index >= 15 is 0 Å². The van der Waals surface area contributed by atoms with Gasteiger partial charge in [-0.1, -0.05) is 63.6 Å². The molecule has 0 aliphatic heterocycles. The second kappa shape index (κ2) is 6.61. The van der Waals surface area contributed by atoms with Crippen LogP contribution in [0.15, 0.2) is 53.1 Å². The summed E-state index contributed by atoms with van der Waals surface area (Å²) < 4.78 is 0.780. The Hall–Kier alpha value is -1.19. The maximum Gasteiger partial charge on any atom is 0.110 e. The molecule has 0 bridgehead atoms. The van der Waals surface area contributed by atoms with E-state index in [1.807, 2.05) is 24.3 Å². The number of aromatic nitrogens is 1. The van der Waals surface area contributed by atoms with Crippen molar-refractivity contribution in [3.63, 3.8) is 0 Å². The molecule has 1 aromatic carbocycles. The first-order chi connectivity index (χ1) is 11.3. The lowest BCUT2D eigenvalue weighted by molar-refractivity contribution is -0.0981. The highest BCUT2D eigenvalue weighted by atomic mass is 79.9. The van der Waals surface area contributed by atoms with Gasteiger partial charge in [0, 0.05) is 5.92 Å². The number of benzene rings is 1. The highest BCUT2D eigenvalue weighted by Crippen LogP contribution is 2.51. The zero-order valence-electron chi connectivity index (χ0n) is 14.7. The second-order valence-electron chi connectivity index (χ2n) is 7.80. The number of hydrogen-bond donors (Lipinski definition) is 1. The minimum Gasteiger partial charge on any atom is -0.383 e. The number of rotatable bonds is 3. The summed E-state index contributed by atoms with van der Waals surface area (Å²) in [5.41, 5.74) is 1.04. The van der Waals surface area contributed by atoms with E-state index in [1.54, 1.807) is 0 Å². The number of halogens is 1. The molecule has 3 heteroatoms. The molecule has 2 aromatic rings. The lowest BCUT2D eigenvalue weighted by atomic mass is 9.58. The van der Waals surface area contributed by atoms with Gasteiger partial charge in [0.2, 0.25) is 0 Å². The molecule has 0 amide bonds. The van der Waals surface area contributed by atoms with E-state index in [2.05, 4.69) is 66.0 Å². The van der Waals surface area contributed by atoms with Gasteiger partial charge in [-0.05, 0) is 57.8 Å². The van der Waals surface area contributed by atoms with Crippen molar-refractivity contribution in [3.8, 4) is 0 Å². The zero-order chi connectivity index (χ0) is 17.4. The largest absolute Gasteiger partial charge is 0.383 e. The Kier molecular flexibility index (Phi) is 4.85. The Balaban J connectivity index is 2.07. The van der Waals surface area contributed by atoms with Crippen LogP contribution in [0.5, 0.6) is 0 Å². The number of hydrogen-bond acceptors (Lipinski definition) is 2.